The van der Waals surface area contributed by atoms with Crippen LogP contribution in [-0.4, -0.2) is 42.2 Å². The number of anilines is 3. The van der Waals surface area contributed by atoms with Gasteiger partial charge >= 0.3 is 6.03 Å². The number of hydrogen-bond acceptors (Lipinski definition) is 5. The quantitative estimate of drug-likeness (QED) is 0.493. The Hall–Kier alpha value is -2.83. The first-order valence-electron chi connectivity index (χ1n) is 13.0. The summed E-state index contributed by atoms with van der Waals surface area (Å²) in [6, 6.07) is 8.61. The molecule has 2 aliphatic carbocycles. The van der Waals surface area contributed by atoms with E-state index in [4.69, 9.17) is 9.97 Å². The number of carbonyl (C=O) groups is 1. The van der Waals surface area contributed by atoms with E-state index in [0.717, 1.165) is 62.4 Å². The van der Waals surface area contributed by atoms with Crippen molar-refractivity contribution in [2.24, 2.45) is 0 Å². The van der Waals surface area contributed by atoms with Crippen molar-refractivity contribution in [3.8, 4) is 0 Å². The lowest BCUT2D eigenvalue weighted by atomic mass is 9.91. The third-order valence-corrected chi connectivity index (χ3v) is 7.01. The SMILES string of the molecule is CCCCc1ccc(NC(=O)N[C@H]2CC[C@@H](Nc3nc4c(c(N(C)C)n3)CCCC4)CC2)cc1. The molecule has 0 saturated heterocycles. The summed E-state index contributed by atoms with van der Waals surface area (Å²) in [5.41, 5.74) is 4.68. The molecule has 1 aromatic heterocycles. The van der Waals surface area contributed by atoms with Gasteiger partial charge < -0.3 is 20.9 Å². The third-order valence-electron chi connectivity index (χ3n) is 7.01. The van der Waals surface area contributed by atoms with Gasteiger partial charge in [-0.15, -0.1) is 0 Å². The van der Waals surface area contributed by atoms with E-state index in [0.29, 0.717) is 6.04 Å². The van der Waals surface area contributed by atoms with Crippen molar-refractivity contribution in [3.05, 3.63) is 41.1 Å². The maximum absolute atomic E-state index is 12.5. The zero-order chi connectivity index (χ0) is 23.9. The fraction of sp³-hybridized carbons (Fsp3) is 0.593. The van der Waals surface area contributed by atoms with Crippen LogP contribution in [0.15, 0.2) is 24.3 Å². The Labute approximate surface area is 204 Å². The van der Waals surface area contributed by atoms with Gasteiger partial charge in [0, 0.05) is 37.4 Å². The van der Waals surface area contributed by atoms with Crippen molar-refractivity contribution >= 4 is 23.5 Å². The van der Waals surface area contributed by atoms with Crippen LogP contribution in [0.2, 0.25) is 0 Å². The van der Waals surface area contributed by atoms with Crippen LogP contribution in [0, 0.1) is 0 Å². The molecule has 0 atom stereocenters. The lowest BCUT2D eigenvalue weighted by Crippen LogP contribution is -2.42. The minimum Gasteiger partial charge on any atom is -0.362 e. The number of amides is 2. The number of nitrogens with zero attached hydrogens (tertiary/aromatic N) is 3. The van der Waals surface area contributed by atoms with Crippen molar-refractivity contribution in [1.82, 2.24) is 15.3 Å². The molecule has 1 saturated carbocycles. The molecule has 2 amide bonds. The summed E-state index contributed by atoms with van der Waals surface area (Å²) in [6.07, 6.45) is 11.9. The minimum absolute atomic E-state index is 0.119. The molecular formula is C27H40N6O. The van der Waals surface area contributed by atoms with Gasteiger partial charge in [-0.3, -0.25) is 0 Å². The maximum Gasteiger partial charge on any atom is 0.319 e. The van der Waals surface area contributed by atoms with Crippen LogP contribution < -0.4 is 20.9 Å². The second kappa shape index (κ2) is 11.5. The van der Waals surface area contributed by atoms with Crippen molar-refractivity contribution in [2.45, 2.75) is 89.6 Å². The first kappa shape index (κ1) is 24.3. The summed E-state index contributed by atoms with van der Waals surface area (Å²) in [6.45, 7) is 2.20. The van der Waals surface area contributed by atoms with Gasteiger partial charge in [-0.2, -0.15) is 4.98 Å². The molecule has 184 valence electrons. The Kier molecular flexibility index (Phi) is 8.25. The molecule has 1 heterocycles. The van der Waals surface area contributed by atoms with Crippen molar-refractivity contribution in [3.63, 3.8) is 0 Å². The molecular weight excluding hydrogens is 424 g/mol. The predicted octanol–water partition coefficient (Wildman–Crippen LogP) is 5.31. The molecule has 1 aromatic carbocycles. The van der Waals surface area contributed by atoms with Crippen LogP contribution in [0.5, 0.6) is 0 Å². The number of fused-ring (bicyclic) bond motifs is 1. The second-order valence-electron chi connectivity index (χ2n) is 9.99. The van der Waals surface area contributed by atoms with Crippen molar-refractivity contribution in [1.29, 1.82) is 0 Å². The Morgan fingerprint density at radius 2 is 1.71 bits per heavy atom. The number of aromatic nitrogens is 2. The molecule has 34 heavy (non-hydrogen) atoms. The summed E-state index contributed by atoms with van der Waals surface area (Å²) >= 11 is 0. The largest absolute Gasteiger partial charge is 0.362 e. The molecule has 2 aliphatic rings. The van der Waals surface area contributed by atoms with Crippen LogP contribution in [0.4, 0.5) is 22.2 Å². The highest BCUT2D eigenvalue weighted by Gasteiger charge is 2.25. The Balaban J connectivity index is 1.25. The molecule has 2 aromatic rings. The number of aryl methyl sites for hydroxylation is 2. The first-order valence-corrected chi connectivity index (χ1v) is 13.0. The lowest BCUT2D eigenvalue weighted by Gasteiger charge is -2.30. The van der Waals surface area contributed by atoms with Gasteiger partial charge in [-0.1, -0.05) is 25.5 Å². The van der Waals surface area contributed by atoms with E-state index >= 15 is 0 Å². The maximum atomic E-state index is 12.5. The van der Waals surface area contributed by atoms with Gasteiger partial charge in [0.25, 0.3) is 0 Å². The molecule has 7 nitrogen and oxygen atoms in total. The number of hydrogen-bond donors (Lipinski definition) is 3. The summed E-state index contributed by atoms with van der Waals surface area (Å²) in [7, 11) is 4.12. The van der Waals surface area contributed by atoms with Gasteiger partial charge in [0.1, 0.15) is 5.82 Å². The highest BCUT2D eigenvalue weighted by molar-refractivity contribution is 5.89. The minimum atomic E-state index is -0.119. The highest BCUT2D eigenvalue weighted by Crippen LogP contribution is 2.29. The second-order valence-corrected chi connectivity index (χ2v) is 9.99. The number of benzene rings is 1. The zero-order valence-electron chi connectivity index (χ0n) is 21.0. The monoisotopic (exact) mass is 464 g/mol. The third kappa shape index (κ3) is 6.39. The fourth-order valence-corrected chi connectivity index (χ4v) is 5.06. The Morgan fingerprint density at radius 3 is 2.41 bits per heavy atom. The Bertz CT molecular complexity index is 950. The number of urea groups is 1. The number of carbonyl (C=O) groups excluding carboxylic acids is 1. The van der Waals surface area contributed by atoms with E-state index in [-0.39, 0.29) is 12.1 Å². The number of nitrogens with one attached hydrogen (secondary N) is 3. The molecule has 3 N–H and O–H groups in total. The number of unbranched alkanes of at least 4 members (excludes halogenated alkanes) is 1. The standard InChI is InChI=1S/C27H40N6O/c1-4-5-8-19-11-13-21(14-12-19)29-27(34)30-22-17-15-20(16-18-22)28-26-31-24-10-7-6-9-23(24)25(32-26)33(2)3/h11-14,20,22H,4-10,15-18H2,1-3H3,(H,28,31,32)(H2,29,30,34)/t20-,22+. The van der Waals surface area contributed by atoms with Gasteiger partial charge in [0.2, 0.25) is 5.95 Å². The van der Waals surface area contributed by atoms with Crippen LogP contribution in [0.1, 0.15) is 75.1 Å². The highest BCUT2D eigenvalue weighted by atomic mass is 16.2. The van der Waals surface area contributed by atoms with Crippen molar-refractivity contribution in [2.75, 3.05) is 29.6 Å². The van der Waals surface area contributed by atoms with E-state index in [2.05, 4.69) is 54.0 Å². The summed E-state index contributed by atoms with van der Waals surface area (Å²) in [4.78, 5) is 24.3. The van der Waals surface area contributed by atoms with Gasteiger partial charge in [-0.25, -0.2) is 9.78 Å². The van der Waals surface area contributed by atoms with Crippen LogP contribution in [-0.2, 0) is 19.3 Å². The summed E-state index contributed by atoms with van der Waals surface area (Å²) < 4.78 is 0. The number of rotatable bonds is 8. The van der Waals surface area contributed by atoms with Gasteiger partial charge in [0.15, 0.2) is 0 Å². The molecule has 0 unspecified atom stereocenters. The average Bonchev–Trinajstić information content (AvgIpc) is 2.84. The fourth-order valence-electron chi connectivity index (χ4n) is 5.06. The Morgan fingerprint density at radius 1 is 1.00 bits per heavy atom. The van der Waals surface area contributed by atoms with Crippen LogP contribution in [0.25, 0.3) is 0 Å². The van der Waals surface area contributed by atoms with E-state index in [1.54, 1.807) is 0 Å². The molecule has 0 aliphatic heterocycles. The molecule has 0 bridgehead atoms. The van der Waals surface area contributed by atoms with Gasteiger partial charge in [0.05, 0.1) is 5.69 Å². The molecule has 7 heteroatoms. The van der Waals surface area contributed by atoms with Crippen molar-refractivity contribution < 1.29 is 4.79 Å². The first-order chi connectivity index (χ1) is 16.5. The summed E-state index contributed by atoms with van der Waals surface area (Å²) in [5.74, 6) is 1.80. The molecule has 4 rings (SSSR count). The topological polar surface area (TPSA) is 82.2 Å². The molecule has 1 fully saturated rings. The average molecular weight is 465 g/mol. The smallest absolute Gasteiger partial charge is 0.319 e. The van der Waals surface area contributed by atoms with Crippen LogP contribution >= 0.6 is 0 Å². The van der Waals surface area contributed by atoms with Gasteiger partial charge in [-0.05, 0) is 81.9 Å². The normalized spacial score (nSPS) is 19.7. The van der Waals surface area contributed by atoms with E-state index < -0.39 is 0 Å². The molecule has 0 spiro atoms. The predicted molar refractivity (Wildman–Crippen MR) is 140 cm³/mol. The van der Waals surface area contributed by atoms with E-state index in [9.17, 15) is 4.79 Å². The van der Waals surface area contributed by atoms with E-state index in [1.165, 1.54) is 42.5 Å². The summed E-state index contributed by atoms with van der Waals surface area (Å²) in [5, 5.41) is 9.71. The lowest BCUT2D eigenvalue weighted by molar-refractivity contribution is 0.243. The van der Waals surface area contributed by atoms with Crippen LogP contribution in [0.3, 0.4) is 0 Å². The zero-order valence-corrected chi connectivity index (χ0v) is 21.0. The molecule has 0 radical (unpaired) electrons. The van der Waals surface area contributed by atoms with E-state index in [1.807, 2.05) is 12.1 Å².